The molecule has 7 nitrogen and oxygen atoms in total. The van der Waals surface area contributed by atoms with Gasteiger partial charge in [-0.25, -0.2) is 0 Å². The minimum Gasteiger partial charge on any atom is -0.421 e. The molecule has 118 valence electrons. The molecule has 1 N–H and O–H groups in total. The standard InChI is InChI=1S/C15H15N5O2S/c1-2-3-13-18-19-14(22-13)11-6-4-10(5-7-11)8-16-20-15-17-12(21)9-23-15/h4-8H,2-3,9H2,1H3,(H,17,20,21). The number of rotatable bonds is 5. The van der Waals surface area contributed by atoms with Crippen molar-refractivity contribution in [2.75, 3.05) is 5.75 Å². The third-order valence-electron chi connectivity index (χ3n) is 3.03. The Bertz CT molecular complexity index is 751. The van der Waals surface area contributed by atoms with Crippen molar-refractivity contribution in [3.05, 3.63) is 35.7 Å². The molecule has 0 radical (unpaired) electrons. The monoisotopic (exact) mass is 329 g/mol. The van der Waals surface area contributed by atoms with Gasteiger partial charge in [-0.15, -0.1) is 15.3 Å². The van der Waals surface area contributed by atoms with Gasteiger partial charge in [0.2, 0.25) is 17.7 Å². The van der Waals surface area contributed by atoms with Crippen molar-refractivity contribution in [2.45, 2.75) is 19.8 Å². The van der Waals surface area contributed by atoms with Gasteiger partial charge in [0.25, 0.3) is 0 Å². The Kier molecular flexibility index (Phi) is 4.82. The molecule has 3 rings (SSSR count). The van der Waals surface area contributed by atoms with Crippen LogP contribution in [0.5, 0.6) is 0 Å². The van der Waals surface area contributed by atoms with Crippen LogP contribution in [0.1, 0.15) is 24.8 Å². The maximum atomic E-state index is 11.0. The van der Waals surface area contributed by atoms with E-state index in [1.165, 1.54) is 11.8 Å². The zero-order valence-electron chi connectivity index (χ0n) is 12.5. The van der Waals surface area contributed by atoms with Crippen molar-refractivity contribution >= 4 is 29.1 Å². The zero-order valence-corrected chi connectivity index (χ0v) is 13.3. The molecule has 0 spiro atoms. The minimum atomic E-state index is -0.0460. The predicted molar refractivity (Wildman–Crippen MR) is 89.4 cm³/mol. The quantitative estimate of drug-likeness (QED) is 0.671. The van der Waals surface area contributed by atoms with Crippen LogP contribution < -0.4 is 5.32 Å². The third kappa shape index (κ3) is 4.04. The number of nitrogens with zero attached hydrogens (tertiary/aromatic N) is 4. The summed E-state index contributed by atoms with van der Waals surface area (Å²) in [5.74, 6) is 1.52. The summed E-state index contributed by atoms with van der Waals surface area (Å²) in [6.07, 6.45) is 3.38. The first kappa shape index (κ1) is 15.4. The van der Waals surface area contributed by atoms with Crippen molar-refractivity contribution in [1.82, 2.24) is 15.5 Å². The van der Waals surface area contributed by atoms with Gasteiger partial charge < -0.3 is 9.73 Å². The molecule has 0 aliphatic carbocycles. The van der Waals surface area contributed by atoms with Crippen LogP contribution in [0.4, 0.5) is 0 Å². The summed E-state index contributed by atoms with van der Waals surface area (Å²) in [7, 11) is 0. The van der Waals surface area contributed by atoms with Gasteiger partial charge >= 0.3 is 0 Å². The van der Waals surface area contributed by atoms with E-state index in [0.717, 1.165) is 24.0 Å². The number of amidine groups is 1. The molecular formula is C15H15N5O2S. The van der Waals surface area contributed by atoms with Crippen LogP contribution in [-0.2, 0) is 11.2 Å². The van der Waals surface area contributed by atoms with Gasteiger partial charge in [0.05, 0.1) is 12.0 Å². The smallest absolute Gasteiger partial charge is 0.247 e. The van der Waals surface area contributed by atoms with Crippen molar-refractivity contribution in [2.24, 2.45) is 10.2 Å². The molecule has 2 heterocycles. The second-order valence-corrected chi connectivity index (χ2v) is 5.82. The molecule has 1 fully saturated rings. The highest BCUT2D eigenvalue weighted by atomic mass is 32.2. The summed E-state index contributed by atoms with van der Waals surface area (Å²) in [5.41, 5.74) is 1.75. The Labute approximate surface area is 137 Å². The molecule has 1 amide bonds. The van der Waals surface area contributed by atoms with E-state index in [1.54, 1.807) is 6.21 Å². The van der Waals surface area contributed by atoms with Gasteiger partial charge in [-0.05, 0) is 24.1 Å². The first-order valence-corrected chi connectivity index (χ1v) is 8.19. The Hall–Kier alpha value is -2.48. The maximum Gasteiger partial charge on any atom is 0.247 e. The SMILES string of the molecule is CCCc1nnc(-c2ccc(C=NN=C3NC(=O)CS3)cc2)o1. The number of carbonyl (C=O) groups excluding carboxylic acids is 1. The van der Waals surface area contributed by atoms with E-state index in [2.05, 4.69) is 32.6 Å². The predicted octanol–water partition coefficient (Wildman–Crippen LogP) is 2.24. The average Bonchev–Trinajstić information content (AvgIpc) is 3.18. The molecule has 8 heteroatoms. The number of amides is 1. The highest BCUT2D eigenvalue weighted by Gasteiger charge is 2.15. The lowest BCUT2D eigenvalue weighted by Crippen LogP contribution is -2.19. The summed E-state index contributed by atoms with van der Waals surface area (Å²) < 4.78 is 5.59. The van der Waals surface area contributed by atoms with Gasteiger partial charge in [-0.2, -0.15) is 5.10 Å². The molecule has 2 aromatic rings. The molecule has 1 aliphatic rings. The normalized spacial score (nSPS) is 16.4. The number of hydrogen-bond donors (Lipinski definition) is 1. The van der Waals surface area contributed by atoms with Crippen molar-refractivity contribution in [3.63, 3.8) is 0 Å². The second kappa shape index (κ2) is 7.19. The van der Waals surface area contributed by atoms with E-state index in [-0.39, 0.29) is 5.91 Å². The molecule has 23 heavy (non-hydrogen) atoms. The van der Waals surface area contributed by atoms with Gasteiger partial charge in [0.15, 0.2) is 5.17 Å². The Morgan fingerprint density at radius 1 is 1.35 bits per heavy atom. The van der Waals surface area contributed by atoms with Crippen LogP contribution in [0.2, 0.25) is 0 Å². The number of nitrogens with one attached hydrogen (secondary N) is 1. The summed E-state index contributed by atoms with van der Waals surface area (Å²) in [5, 5.41) is 19.1. The second-order valence-electron chi connectivity index (χ2n) is 4.86. The Morgan fingerprint density at radius 3 is 2.87 bits per heavy atom. The largest absolute Gasteiger partial charge is 0.421 e. The molecule has 1 aromatic carbocycles. The Balaban J connectivity index is 1.65. The minimum absolute atomic E-state index is 0.0460. The van der Waals surface area contributed by atoms with Crippen molar-refractivity contribution in [1.29, 1.82) is 0 Å². The van der Waals surface area contributed by atoms with E-state index in [4.69, 9.17) is 4.42 Å². The van der Waals surface area contributed by atoms with E-state index in [1.807, 2.05) is 24.3 Å². The van der Waals surface area contributed by atoms with Crippen molar-refractivity contribution < 1.29 is 9.21 Å². The number of thioether (sulfide) groups is 1. The molecule has 1 aliphatic heterocycles. The fourth-order valence-electron chi connectivity index (χ4n) is 1.92. The third-order valence-corrected chi connectivity index (χ3v) is 3.89. The van der Waals surface area contributed by atoms with Crippen LogP contribution >= 0.6 is 11.8 Å². The summed E-state index contributed by atoms with van der Waals surface area (Å²) in [6, 6.07) is 7.57. The van der Waals surface area contributed by atoms with Gasteiger partial charge in [0, 0.05) is 12.0 Å². The van der Waals surface area contributed by atoms with Crippen LogP contribution in [-0.4, -0.2) is 33.2 Å². The van der Waals surface area contributed by atoms with Crippen LogP contribution in [0, 0.1) is 0 Å². The lowest BCUT2D eigenvalue weighted by molar-refractivity contribution is -0.116. The van der Waals surface area contributed by atoms with Crippen LogP contribution in [0.3, 0.4) is 0 Å². The molecule has 0 saturated carbocycles. The molecular weight excluding hydrogens is 314 g/mol. The molecule has 0 atom stereocenters. The highest BCUT2D eigenvalue weighted by molar-refractivity contribution is 8.15. The van der Waals surface area contributed by atoms with Crippen molar-refractivity contribution in [3.8, 4) is 11.5 Å². The summed E-state index contributed by atoms with van der Waals surface area (Å²) >= 11 is 1.34. The summed E-state index contributed by atoms with van der Waals surface area (Å²) in [6.45, 7) is 2.07. The van der Waals surface area contributed by atoms with Crippen LogP contribution in [0.25, 0.3) is 11.5 Å². The van der Waals surface area contributed by atoms with Crippen LogP contribution in [0.15, 0.2) is 38.9 Å². The molecule has 1 saturated heterocycles. The summed E-state index contributed by atoms with van der Waals surface area (Å²) in [4.78, 5) is 11.0. The zero-order chi connectivity index (χ0) is 16.1. The molecule has 0 bridgehead atoms. The van der Waals surface area contributed by atoms with E-state index in [9.17, 15) is 4.79 Å². The first-order chi connectivity index (χ1) is 11.2. The maximum absolute atomic E-state index is 11.0. The lowest BCUT2D eigenvalue weighted by Gasteiger charge is -1.96. The van der Waals surface area contributed by atoms with E-state index in [0.29, 0.717) is 22.7 Å². The fraction of sp³-hybridized carbons (Fsp3) is 0.267. The van der Waals surface area contributed by atoms with E-state index < -0.39 is 0 Å². The number of aryl methyl sites for hydroxylation is 1. The fourth-order valence-corrected chi connectivity index (χ4v) is 2.55. The highest BCUT2D eigenvalue weighted by Crippen LogP contribution is 2.18. The van der Waals surface area contributed by atoms with Gasteiger partial charge in [-0.3, -0.25) is 4.79 Å². The molecule has 0 unspecified atom stereocenters. The molecule has 1 aromatic heterocycles. The lowest BCUT2D eigenvalue weighted by atomic mass is 10.1. The number of aromatic nitrogens is 2. The van der Waals surface area contributed by atoms with Gasteiger partial charge in [0.1, 0.15) is 0 Å². The van der Waals surface area contributed by atoms with Gasteiger partial charge in [-0.1, -0.05) is 30.8 Å². The average molecular weight is 329 g/mol. The Morgan fingerprint density at radius 2 is 2.17 bits per heavy atom. The first-order valence-electron chi connectivity index (χ1n) is 7.21. The van der Waals surface area contributed by atoms with E-state index >= 15 is 0 Å². The number of benzene rings is 1. The number of carbonyl (C=O) groups is 1. The topological polar surface area (TPSA) is 92.7 Å². The number of hydrogen-bond acceptors (Lipinski definition) is 7.